The number of aryl methyl sites for hydroxylation is 2. The number of benzene rings is 1. The van der Waals surface area contributed by atoms with Gasteiger partial charge in [0.05, 0.1) is 22.4 Å². The molecule has 10 heteroatoms. The molecule has 3 aromatic rings. The van der Waals surface area contributed by atoms with Crippen molar-refractivity contribution in [2.24, 2.45) is 0 Å². The van der Waals surface area contributed by atoms with Crippen molar-refractivity contribution in [2.45, 2.75) is 75.7 Å². The zero-order valence-electron chi connectivity index (χ0n) is 20.1. The van der Waals surface area contributed by atoms with Crippen LogP contribution < -0.4 is 5.56 Å². The van der Waals surface area contributed by atoms with Gasteiger partial charge >= 0.3 is 6.18 Å². The maximum absolute atomic E-state index is 13.8. The highest BCUT2D eigenvalue weighted by Crippen LogP contribution is 2.36. The first kappa shape index (κ1) is 25.3. The standard InChI is InChI=1S/C26H28F3N3O2S2/c1-2-17-9-5-6-13-31(17)21(33)15-35-25-30-23-22(19-11-3-4-12-20(19)36-23)24(34)32(25)18-10-7-8-16(14-18)26(27,28)29/h7-8,10,14,17H,2-6,9,11-13,15H2,1H3/t17-/m1/s1. The van der Waals surface area contributed by atoms with Gasteiger partial charge in [-0.1, -0.05) is 24.8 Å². The van der Waals surface area contributed by atoms with Crippen LogP contribution >= 0.6 is 23.1 Å². The monoisotopic (exact) mass is 535 g/mol. The Bertz CT molecular complexity index is 1350. The number of thiophene rings is 1. The van der Waals surface area contributed by atoms with Gasteiger partial charge in [-0.3, -0.25) is 14.2 Å². The second-order valence-corrected chi connectivity index (χ2v) is 11.4. The number of amides is 1. The van der Waals surface area contributed by atoms with Crippen LogP contribution in [0.4, 0.5) is 13.2 Å². The average Bonchev–Trinajstić information content (AvgIpc) is 3.25. The summed E-state index contributed by atoms with van der Waals surface area (Å²) in [7, 11) is 0. The summed E-state index contributed by atoms with van der Waals surface area (Å²) in [4.78, 5) is 35.4. The van der Waals surface area contributed by atoms with E-state index >= 15 is 0 Å². The fourth-order valence-corrected chi connectivity index (χ4v) is 7.50. The Morgan fingerprint density at radius 3 is 2.78 bits per heavy atom. The van der Waals surface area contributed by atoms with Crippen LogP contribution in [0, 0.1) is 0 Å². The van der Waals surface area contributed by atoms with E-state index in [0.29, 0.717) is 16.8 Å². The lowest BCUT2D eigenvalue weighted by atomic mass is 9.97. The number of piperidine rings is 1. The number of alkyl halides is 3. The van der Waals surface area contributed by atoms with Gasteiger partial charge in [-0.25, -0.2) is 4.98 Å². The summed E-state index contributed by atoms with van der Waals surface area (Å²) in [6.07, 6.45) is 3.07. The smallest absolute Gasteiger partial charge is 0.339 e. The predicted molar refractivity (Wildman–Crippen MR) is 137 cm³/mol. The first-order chi connectivity index (χ1) is 17.3. The molecule has 5 rings (SSSR count). The number of fused-ring (bicyclic) bond motifs is 3. The van der Waals surface area contributed by atoms with Crippen LogP contribution in [-0.2, 0) is 23.8 Å². The molecule has 0 spiro atoms. The van der Waals surface area contributed by atoms with Crippen molar-refractivity contribution >= 4 is 39.2 Å². The van der Waals surface area contributed by atoms with E-state index in [1.165, 1.54) is 28.0 Å². The van der Waals surface area contributed by atoms with Crippen LogP contribution in [0.2, 0.25) is 0 Å². The number of hydrogen-bond acceptors (Lipinski definition) is 5. The van der Waals surface area contributed by atoms with Gasteiger partial charge in [-0.05, 0) is 75.1 Å². The number of carbonyl (C=O) groups is 1. The van der Waals surface area contributed by atoms with Crippen LogP contribution in [0.1, 0.15) is 61.5 Å². The third kappa shape index (κ3) is 4.81. The molecule has 5 nitrogen and oxygen atoms in total. The Morgan fingerprint density at radius 1 is 1.19 bits per heavy atom. The zero-order chi connectivity index (χ0) is 25.4. The molecule has 1 amide bonds. The Kier molecular flexibility index (Phi) is 7.18. The zero-order valence-corrected chi connectivity index (χ0v) is 21.7. The summed E-state index contributed by atoms with van der Waals surface area (Å²) in [5, 5.41) is 0.758. The summed E-state index contributed by atoms with van der Waals surface area (Å²) < 4.78 is 41.7. The minimum absolute atomic E-state index is 0.0260. The number of rotatable bonds is 5. The first-order valence-corrected chi connectivity index (χ1v) is 14.3. The molecule has 1 fully saturated rings. The molecule has 1 aliphatic heterocycles. The van der Waals surface area contributed by atoms with Gasteiger partial charge in [-0.2, -0.15) is 13.2 Å². The van der Waals surface area contributed by atoms with Crippen LogP contribution in [0.3, 0.4) is 0 Å². The summed E-state index contributed by atoms with van der Waals surface area (Å²) in [6.45, 7) is 2.78. The normalized spacial score (nSPS) is 18.4. The second kappa shape index (κ2) is 10.2. The minimum atomic E-state index is -4.54. The molecule has 1 atom stereocenters. The summed E-state index contributed by atoms with van der Waals surface area (Å²) in [5.74, 6) is 0.0559. The molecular formula is C26H28F3N3O2S2. The van der Waals surface area contributed by atoms with Gasteiger partial charge in [0.25, 0.3) is 5.56 Å². The number of carbonyl (C=O) groups excluding carboxylic acids is 1. The highest BCUT2D eigenvalue weighted by atomic mass is 32.2. The van der Waals surface area contributed by atoms with E-state index < -0.39 is 11.7 Å². The van der Waals surface area contributed by atoms with Crippen LogP contribution in [-0.4, -0.2) is 38.7 Å². The Labute approximate surface area is 215 Å². The molecular weight excluding hydrogens is 507 g/mol. The lowest BCUT2D eigenvalue weighted by Crippen LogP contribution is -2.44. The minimum Gasteiger partial charge on any atom is -0.339 e. The first-order valence-electron chi connectivity index (χ1n) is 12.4. The summed E-state index contributed by atoms with van der Waals surface area (Å²) in [5.41, 5.74) is -0.103. The van der Waals surface area contributed by atoms with E-state index in [1.807, 2.05) is 4.90 Å². The van der Waals surface area contributed by atoms with Gasteiger partial charge in [0.1, 0.15) is 4.83 Å². The van der Waals surface area contributed by atoms with E-state index in [-0.39, 0.29) is 34.1 Å². The molecule has 0 N–H and O–H groups in total. The molecule has 2 aliphatic rings. The van der Waals surface area contributed by atoms with Crippen molar-refractivity contribution in [3.05, 3.63) is 50.6 Å². The predicted octanol–water partition coefficient (Wildman–Crippen LogP) is 6.23. The van der Waals surface area contributed by atoms with Gasteiger partial charge in [0.2, 0.25) is 5.91 Å². The number of aromatic nitrogens is 2. The molecule has 0 radical (unpaired) electrons. The number of nitrogens with zero attached hydrogens (tertiary/aromatic N) is 3. The molecule has 0 bridgehead atoms. The maximum atomic E-state index is 13.8. The van der Waals surface area contributed by atoms with Crippen molar-refractivity contribution in [1.29, 1.82) is 0 Å². The topological polar surface area (TPSA) is 55.2 Å². The molecule has 1 saturated heterocycles. The van der Waals surface area contributed by atoms with Gasteiger partial charge < -0.3 is 4.90 Å². The molecule has 36 heavy (non-hydrogen) atoms. The van der Waals surface area contributed by atoms with Crippen LogP contribution in [0.5, 0.6) is 0 Å². The molecule has 0 unspecified atom stereocenters. The Balaban J connectivity index is 1.58. The highest BCUT2D eigenvalue weighted by Gasteiger charge is 2.32. The third-order valence-corrected chi connectivity index (χ3v) is 9.24. The quantitative estimate of drug-likeness (QED) is 0.287. The van der Waals surface area contributed by atoms with Gasteiger partial charge in [-0.15, -0.1) is 11.3 Å². The van der Waals surface area contributed by atoms with E-state index in [2.05, 4.69) is 6.92 Å². The largest absolute Gasteiger partial charge is 0.416 e. The number of likely N-dealkylation sites (tertiary alicyclic amines) is 1. The SMILES string of the molecule is CC[C@@H]1CCCCN1C(=O)CSc1nc2sc3c(c2c(=O)n1-c1cccc(C(F)(F)F)c1)CCCC3. The molecule has 3 heterocycles. The van der Waals surface area contributed by atoms with Crippen molar-refractivity contribution in [3.63, 3.8) is 0 Å². The average molecular weight is 536 g/mol. The maximum Gasteiger partial charge on any atom is 0.416 e. The fourth-order valence-electron chi connectivity index (χ4n) is 5.29. The molecule has 1 aromatic carbocycles. The van der Waals surface area contributed by atoms with Crippen LogP contribution in [0.25, 0.3) is 15.9 Å². The van der Waals surface area contributed by atoms with E-state index in [1.54, 1.807) is 0 Å². The van der Waals surface area contributed by atoms with Crippen LogP contribution in [0.15, 0.2) is 34.2 Å². The molecule has 0 saturated carbocycles. The molecule has 2 aromatic heterocycles. The third-order valence-electron chi connectivity index (χ3n) is 7.13. The number of halogens is 3. The molecule has 1 aliphatic carbocycles. The van der Waals surface area contributed by atoms with E-state index in [4.69, 9.17) is 4.98 Å². The Morgan fingerprint density at radius 2 is 2.00 bits per heavy atom. The van der Waals surface area contributed by atoms with Crippen molar-refractivity contribution in [3.8, 4) is 5.69 Å². The lowest BCUT2D eigenvalue weighted by Gasteiger charge is -2.35. The summed E-state index contributed by atoms with van der Waals surface area (Å²) in [6, 6.07) is 4.97. The van der Waals surface area contributed by atoms with Gasteiger partial charge in [0.15, 0.2) is 5.16 Å². The number of hydrogen-bond donors (Lipinski definition) is 0. The van der Waals surface area contributed by atoms with E-state index in [9.17, 15) is 22.8 Å². The summed E-state index contributed by atoms with van der Waals surface area (Å²) >= 11 is 2.62. The number of thioether (sulfide) groups is 1. The fraction of sp³-hybridized carbons (Fsp3) is 0.500. The van der Waals surface area contributed by atoms with E-state index in [0.717, 1.165) is 85.7 Å². The Hall–Kier alpha value is -2.33. The van der Waals surface area contributed by atoms with Crippen molar-refractivity contribution in [1.82, 2.24) is 14.5 Å². The highest BCUT2D eigenvalue weighted by molar-refractivity contribution is 7.99. The van der Waals surface area contributed by atoms with Gasteiger partial charge in [0, 0.05) is 17.5 Å². The molecule has 192 valence electrons. The lowest BCUT2D eigenvalue weighted by molar-refractivity contribution is -0.137. The van der Waals surface area contributed by atoms with Crippen molar-refractivity contribution < 1.29 is 18.0 Å². The second-order valence-electron chi connectivity index (χ2n) is 9.41. The van der Waals surface area contributed by atoms with Crippen molar-refractivity contribution in [2.75, 3.05) is 12.3 Å².